The third-order valence-corrected chi connectivity index (χ3v) is 2.15. The second-order valence-corrected chi connectivity index (χ2v) is 5.21. The van der Waals surface area contributed by atoms with E-state index in [4.69, 9.17) is 5.26 Å². The van der Waals surface area contributed by atoms with E-state index in [1.165, 1.54) is 6.20 Å². The molecule has 0 aliphatic carbocycles. The fraction of sp³-hybridized carbons (Fsp3) is 0.357. The van der Waals surface area contributed by atoms with Crippen LogP contribution < -0.4 is 10.6 Å². The van der Waals surface area contributed by atoms with E-state index in [0.717, 1.165) is 11.4 Å². The molecule has 0 aliphatic heterocycles. The van der Waals surface area contributed by atoms with Gasteiger partial charge in [-0.05, 0) is 39.8 Å². The molecule has 0 atom stereocenters. The summed E-state index contributed by atoms with van der Waals surface area (Å²) in [5, 5.41) is 14.6. The quantitative estimate of drug-likeness (QED) is 0.643. The molecule has 0 aromatic carbocycles. The van der Waals surface area contributed by atoms with Crippen LogP contribution in [-0.2, 0) is 4.79 Å². The maximum Gasteiger partial charge on any atom is 0.263 e. The van der Waals surface area contributed by atoms with Gasteiger partial charge >= 0.3 is 0 Å². The second kappa shape index (κ2) is 6.01. The summed E-state index contributed by atoms with van der Waals surface area (Å²) in [5.41, 5.74) is 1.27. The van der Waals surface area contributed by atoms with Crippen LogP contribution in [0.4, 0.5) is 5.69 Å². The number of anilines is 1. The van der Waals surface area contributed by atoms with Crippen LogP contribution in [0.25, 0.3) is 0 Å². The van der Waals surface area contributed by atoms with Crippen molar-refractivity contribution in [1.29, 1.82) is 5.26 Å². The molecule has 0 spiro atoms. The van der Waals surface area contributed by atoms with Gasteiger partial charge in [0.1, 0.15) is 11.6 Å². The minimum Gasteiger partial charge on any atom is -0.359 e. The number of aromatic nitrogens is 1. The lowest BCUT2D eigenvalue weighted by atomic mass is 10.1. The Labute approximate surface area is 113 Å². The summed E-state index contributed by atoms with van der Waals surface area (Å²) < 4.78 is 0. The van der Waals surface area contributed by atoms with Gasteiger partial charge in [0.2, 0.25) is 0 Å². The zero-order valence-electron chi connectivity index (χ0n) is 11.6. The monoisotopic (exact) mass is 258 g/mol. The molecule has 1 rings (SSSR count). The normalized spacial score (nSPS) is 11.6. The topological polar surface area (TPSA) is 77.8 Å². The molecule has 0 aliphatic rings. The van der Waals surface area contributed by atoms with Gasteiger partial charge in [-0.15, -0.1) is 0 Å². The number of pyridine rings is 1. The smallest absolute Gasteiger partial charge is 0.263 e. The Morgan fingerprint density at radius 3 is 2.58 bits per heavy atom. The number of rotatable bonds is 3. The van der Waals surface area contributed by atoms with E-state index in [0.29, 0.717) is 0 Å². The van der Waals surface area contributed by atoms with Gasteiger partial charge in [-0.3, -0.25) is 9.78 Å². The maximum absolute atomic E-state index is 11.8. The summed E-state index contributed by atoms with van der Waals surface area (Å²) in [6.45, 7) is 7.46. The van der Waals surface area contributed by atoms with Gasteiger partial charge in [-0.25, -0.2) is 0 Å². The zero-order valence-corrected chi connectivity index (χ0v) is 11.6. The van der Waals surface area contributed by atoms with E-state index in [2.05, 4.69) is 15.6 Å². The molecule has 5 heteroatoms. The molecule has 0 bridgehead atoms. The Bertz CT molecular complexity index is 518. The van der Waals surface area contributed by atoms with Gasteiger partial charge < -0.3 is 10.6 Å². The Balaban J connectivity index is 2.75. The first-order chi connectivity index (χ1) is 8.81. The van der Waals surface area contributed by atoms with Crippen LogP contribution in [0, 0.1) is 18.3 Å². The summed E-state index contributed by atoms with van der Waals surface area (Å²) in [7, 11) is 0. The predicted octanol–water partition coefficient (Wildman–Crippen LogP) is 2.12. The molecule has 0 saturated carbocycles. The zero-order chi connectivity index (χ0) is 14.5. The van der Waals surface area contributed by atoms with Gasteiger partial charge in [-0.2, -0.15) is 5.26 Å². The summed E-state index contributed by atoms with van der Waals surface area (Å²) >= 11 is 0. The van der Waals surface area contributed by atoms with Gasteiger partial charge in [0, 0.05) is 17.4 Å². The number of nitriles is 1. The molecule has 2 N–H and O–H groups in total. The van der Waals surface area contributed by atoms with Crippen LogP contribution in [0.2, 0.25) is 0 Å². The van der Waals surface area contributed by atoms with Gasteiger partial charge in [0.25, 0.3) is 5.91 Å². The molecule has 0 fully saturated rings. The Morgan fingerprint density at radius 2 is 2.11 bits per heavy atom. The SMILES string of the molecule is Cc1ccc(N/C=C(/C#N)C(=O)NC(C)(C)C)cn1. The molecule has 5 nitrogen and oxygen atoms in total. The van der Waals surface area contributed by atoms with Crippen LogP contribution in [0.5, 0.6) is 0 Å². The van der Waals surface area contributed by atoms with Crippen molar-refractivity contribution in [3.05, 3.63) is 35.8 Å². The fourth-order valence-electron chi connectivity index (χ4n) is 1.27. The summed E-state index contributed by atoms with van der Waals surface area (Å²) in [6, 6.07) is 5.55. The number of carbonyl (C=O) groups excluding carboxylic acids is 1. The molecule has 1 aromatic heterocycles. The van der Waals surface area contributed by atoms with Crippen LogP contribution in [-0.4, -0.2) is 16.4 Å². The second-order valence-electron chi connectivity index (χ2n) is 5.21. The van der Waals surface area contributed by atoms with E-state index in [1.54, 1.807) is 6.20 Å². The highest BCUT2D eigenvalue weighted by Gasteiger charge is 2.16. The standard InChI is InChI=1S/C14H18N4O/c1-10-5-6-12(9-16-10)17-8-11(7-15)13(19)18-14(2,3)4/h5-6,8-9,17H,1-4H3,(H,18,19)/b11-8-. The first kappa shape index (κ1) is 14.7. The van der Waals surface area contributed by atoms with E-state index in [1.807, 2.05) is 45.9 Å². The molecular weight excluding hydrogens is 240 g/mol. The number of hydrogen-bond donors (Lipinski definition) is 2. The molecule has 100 valence electrons. The van der Waals surface area contributed by atoms with Crippen LogP contribution in [0.15, 0.2) is 30.1 Å². The van der Waals surface area contributed by atoms with Crippen molar-refractivity contribution in [2.75, 3.05) is 5.32 Å². The van der Waals surface area contributed by atoms with Crippen molar-refractivity contribution in [3.63, 3.8) is 0 Å². The third-order valence-electron chi connectivity index (χ3n) is 2.15. The highest BCUT2D eigenvalue weighted by molar-refractivity contribution is 5.97. The summed E-state index contributed by atoms with van der Waals surface area (Å²) in [6.07, 6.45) is 3.02. The number of nitrogens with one attached hydrogen (secondary N) is 2. The number of carbonyl (C=O) groups is 1. The third kappa shape index (κ3) is 5.21. The van der Waals surface area contributed by atoms with Crippen molar-refractivity contribution in [2.24, 2.45) is 0 Å². The van der Waals surface area contributed by atoms with Crippen LogP contribution in [0.3, 0.4) is 0 Å². The number of aryl methyl sites for hydroxylation is 1. The average molecular weight is 258 g/mol. The van der Waals surface area contributed by atoms with E-state index < -0.39 is 5.91 Å². The average Bonchev–Trinajstić information content (AvgIpc) is 2.30. The first-order valence-electron chi connectivity index (χ1n) is 5.94. The fourth-order valence-corrected chi connectivity index (χ4v) is 1.27. The van der Waals surface area contributed by atoms with Crippen molar-refractivity contribution < 1.29 is 4.79 Å². The molecule has 1 aromatic rings. The van der Waals surface area contributed by atoms with E-state index in [9.17, 15) is 4.79 Å². The molecule has 0 radical (unpaired) electrons. The lowest BCUT2D eigenvalue weighted by molar-refractivity contribution is -0.118. The molecule has 1 amide bonds. The molecule has 0 unspecified atom stereocenters. The molecule has 0 saturated heterocycles. The molecular formula is C14H18N4O. The van der Waals surface area contributed by atoms with Crippen molar-refractivity contribution in [3.8, 4) is 6.07 Å². The maximum atomic E-state index is 11.8. The Morgan fingerprint density at radius 1 is 1.42 bits per heavy atom. The van der Waals surface area contributed by atoms with Crippen molar-refractivity contribution >= 4 is 11.6 Å². The molecule has 19 heavy (non-hydrogen) atoms. The van der Waals surface area contributed by atoms with E-state index >= 15 is 0 Å². The number of hydrogen-bond acceptors (Lipinski definition) is 4. The highest BCUT2D eigenvalue weighted by Crippen LogP contribution is 2.07. The van der Waals surface area contributed by atoms with Gasteiger partial charge in [0.05, 0.1) is 11.9 Å². The lowest BCUT2D eigenvalue weighted by Crippen LogP contribution is -2.41. The van der Waals surface area contributed by atoms with Crippen LogP contribution in [0.1, 0.15) is 26.5 Å². The molecule has 1 heterocycles. The first-order valence-corrected chi connectivity index (χ1v) is 5.94. The van der Waals surface area contributed by atoms with Gasteiger partial charge in [-0.1, -0.05) is 0 Å². The number of nitrogens with zero attached hydrogens (tertiary/aromatic N) is 2. The lowest BCUT2D eigenvalue weighted by Gasteiger charge is -2.20. The Hall–Kier alpha value is -2.35. The minimum absolute atomic E-state index is 0.0236. The van der Waals surface area contributed by atoms with Crippen molar-refractivity contribution in [2.45, 2.75) is 33.2 Å². The highest BCUT2D eigenvalue weighted by atomic mass is 16.1. The summed E-state index contributed by atoms with van der Waals surface area (Å²) in [4.78, 5) is 15.9. The van der Waals surface area contributed by atoms with Gasteiger partial charge in [0.15, 0.2) is 0 Å². The minimum atomic E-state index is -0.400. The largest absolute Gasteiger partial charge is 0.359 e. The number of amides is 1. The summed E-state index contributed by atoms with van der Waals surface area (Å²) in [5.74, 6) is -0.400. The van der Waals surface area contributed by atoms with Crippen molar-refractivity contribution in [1.82, 2.24) is 10.3 Å². The Kier molecular flexibility index (Phi) is 4.65. The van der Waals surface area contributed by atoms with Crippen LogP contribution >= 0.6 is 0 Å². The predicted molar refractivity (Wildman–Crippen MR) is 74.2 cm³/mol. The van der Waals surface area contributed by atoms with E-state index in [-0.39, 0.29) is 11.1 Å².